The van der Waals surface area contributed by atoms with Crippen LogP contribution < -0.4 is 11.0 Å². The average molecular weight is 231 g/mol. The number of anilines is 1. The summed E-state index contributed by atoms with van der Waals surface area (Å²) in [4.78, 5) is 28.1. The molecule has 1 aromatic heterocycles. The van der Waals surface area contributed by atoms with Crippen molar-refractivity contribution in [2.75, 3.05) is 5.32 Å². The van der Waals surface area contributed by atoms with Crippen LogP contribution in [0.1, 0.15) is 13.3 Å². The summed E-state index contributed by atoms with van der Waals surface area (Å²) < 4.78 is 0. The molecule has 1 heterocycles. The number of carbonyl (C=O) groups is 1. The molecule has 0 bridgehead atoms. The third-order valence-corrected chi connectivity index (χ3v) is 3.23. The molecular weight excluding hydrogens is 218 g/mol. The topological polar surface area (TPSA) is 77.8 Å². The second-order valence-electron chi connectivity index (χ2n) is 4.65. The number of H-pyrrole nitrogens is 2. The van der Waals surface area contributed by atoms with Crippen LogP contribution in [0.5, 0.6) is 0 Å². The highest BCUT2D eigenvalue weighted by molar-refractivity contribution is 5.95. The Balaban J connectivity index is 1.85. The molecule has 1 aromatic carbocycles. The van der Waals surface area contributed by atoms with Crippen LogP contribution >= 0.6 is 0 Å². The quantitative estimate of drug-likeness (QED) is 0.731. The third-order valence-electron chi connectivity index (χ3n) is 3.23. The van der Waals surface area contributed by atoms with Crippen LogP contribution in [0.4, 0.5) is 5.69 Å². The largest absolute Gasteiger partial charge is 0.326 e. The van der Waals surface area contributed by atoms with Crippen molar-refractivity contribution in [2.45, 2.75) is 13.3 Å². The van der Waals surface area contributed by atoms with Crippen LogP contribution in [0.25, 0.3) is 11.0 Å². The van der Waals surface area contributed by atoms with Crippen LogP contribution in [-0.4, -0.2) is 15.9 Å². The molecule has 0 spiro atoms. The second-order valence-corrected chi connectivity index (χ2v) is 4.65. The zero-order valence-electron chi connectivity index (χ0n) is 9.41. The Labute approximate surface area is 97.2 Å². The van der Waals surface area contributed by atoms with Crippen molar-refractivity contribution in [1.29, 1.82) is 0 Å². The lowest BCUT2D eigenvalue weighted by molar-refractivity contribution is -0.117. The highest BCUT2D eigenvalue weighted by Crippen LogP contribution is 2.38. The maximum atomic E-state index is 11.7. The van der Waals surface area contributed by atoms with E-state index in [-0.39, 0.29) is 17.5 Å². The fraction of sp³-hybridized carbons (Fsp3) is 0.333. The standard InChI is InChI=1S/C12H13N3O2/c1-6-4-8(6)11(16)13-7-2-3-9-10(5-7)15-12(17)14-9/h2-3,5-6,8H,4H2,1H3,(H,13,16)(H2,14,15,17)/t6-,8-/m0/s1. The van der Waals surface area contributed by atoms with Gasteiger partial charge in [-0.25, -0.2) is 4.79 Å². The molecule has 3 rings (SSSR count). The van der Waals surface area contributed by atoms with Gasteiger partial charge < -0.3 is 15.3 Å². The molecule has 3 N–H and O–H groups in total. The molecule has 88 valence electrons. The van der Waals surface area contributed by atoms with E-state index in [1.807, 2.05) is 0 Å². The van der Waals surface area contributed by atoms with Crippen molar-refractivity contribution in [3.05, 3.63) is 28.7 Å². The summed E-state index contributed by atoms with van der Waals surface area (Å²) >= 11 is 0. The Morgan fingerprint density at radius 3 is 2.76 bits per heavy atom. The van der Waals surface area contributed by atoms with Gasteiger partial charge in [-0.15, -0.1) is 0 Å². The van der Waals surface area contributed by atoms with E-state index in [1.165, 1.54) is 0 Å². The molecule has 17 heavy (non-hydrogen) atoms. The fourth-order valence-electron chi connectivity index (χ4n) is 2.03. The number of aromatic nitrogens is 2. The number of hydrogen-bond acceptors (Lipinski definition) is 2. The minimum Gasteiger partial charge on any atom is -0.326 e. The van der Waals surface area contributed by atoms with Crippen molar-refractivity contribution in [2.24, 2.45) is 11.8 Å². The van der Waals surface area contributed by atoms with Gasteiger partial charge in [0.1, 0.15) is 0 Å². The summed E-state index contributed by atoms with van der Waals surface area (Å²) in [6, 6.07) is 5.33. The number of carbonyl (C=O) groups excluding carboxylic acids is 1. The Hall–Kier alpha value is -2.04. The monoisotopic (exact) mass is 231 g/mol. The SMILES string of the molecule is C[C@H]1C[C@@H]1C(=O)Nc1ccc2[nH]c(=O)[nH]c2c1. The van der Waals surface area contributed by atoms with Gasteiger partial charge in [-0.1, -0.05) is 6.92 Å². The molecule has 5 nitrogen and oxygen atoms in total. The van der Waals surface area contributed by atoms with Crippen molar-refractivity contribution in [3.8, 4) is 0 Å². The van der Waals surface area contributed by atoms with Gasteiger partial charge in [0, 0.05) is 11.6 Å². The smallest absolute Gasteiger partial charge is 0.323 e. The molecule has 0 unspecified atom stereocenters. The average Bonchev–Trinajstić information content (AvgIpc) is 2.87. The van der Waals surface area contributed by atoms with Gasteiger partial charge in [-0.05, 0) is 30.5 Å². The Kier molecular flexibility index (Phi) is 2.07. The van der Waals surface area contributed by atoms with Crippen LogP contribution in [0.3, 0.4) is 0 Å². The molecule has 2 aromatic rings. The molecule has 2 atom stereocenters. The molecule has 0 aliphatic heterocycles. The van der Waals surface area contributed by atoms with Crippen molar-refractivity contribution in [1.82, 2.24) is 9.97 Å². The van der Waals surface area contributed by atoms with Crippen molar-refractivity contribution < 1.29 is 4.79 Å². The van der Waals surface area contributed by atoms with Gasteiger partial charge in [0.05, 0.1) is 11.0 Å². The third kappa shape index (κ3) is 1.84. The lowest BCUT2D eigenvalue weighted by Crippen LogP contribution is -2.14. The van der Waals surface area contributed by atoms with Crippen LogP contribution in [0.15, 0.2) is 23.0 Å². The molecule has 1 aliphatic rings. The van der Waals surface area contributed by atoms with Crippen LogP contribution in [-0.2, 0) is 4.79 Å². The number of rotatable bonds is 2. The van der Waals surface area contributed by atoms with E-state index in [1.54, 1.807) is 18.2 Å². The van der Waals surface area contributed by atoms with Gasteiger partial charge in [0.25, 0.3) is 0 Å². The maximum absolute atomic E-state index is 11.7. The van der Waals surface area contributed by atoms with E-state index < -0.39 is 0 Å². The van der Waals surface area contributed by atoms with Gasteiger partial charge in [0.2, 0.25) is 5.91 Å². The fourth-order valence-corrected chi connectivity index (χ4v) is 2.03. The van der Waals surface area contributed by atoms with Gasteiger partial charge in [-0.2, -0.15) is 0 Å². The van der Waals surface area contributed by atoms with E-state index in [0.29, 0.717) is 11.4 Å². The minimum absolute atomic E-state index is 0.0646. The first-order valence-electron chi connectivity index (χ1n) is 5.66. The summed E-state index contributed by atoms with van der Waals surface area (Å²) in [5, 5.41) is 2.86. The van der Waals surface area contributed by atoms with Gasteiger partial charge in [-0.3, -0.25) is 4.79 Å². The Morgan fingerprint density at radius 2 is 2.06 bits per heavy atom. The number of fused-ring (bicyclic) bond motifs is 1. The predicted molar refractivity (Wildman–Crippen MR) is 64.8 cm³/mol. The Bertz CT molecular complexity index is 640. The number of nitrogens with one attached hydrogen (secondary N) is 3. The number of benzene rings is 1. The molecule has 5 heteroatoms. The summed E-state index contributed by atoms with van der Waals surface area (Å²) in [7, 11) is 0. The number of imidazole rings is 1. The van der Waals surface area contributed by atoms with Gasteiger partial charge in [0.15, 0.2) is 0 Å². The highest BCUT2D eigenvalue weighted by Gasteiger charge is 2.39. The van der Waals surface area contributed by atoms with Crippen LogP contribution in [0.2, 0.25) is 0 Å². The minimum atomic E-state index is -0.237. The summed E-state index contributed by atoms with van der Waals surface area (Å²) in [5.74, 6) is 0.705. The van der Waals surface area contributed by atoms with Crippen molar-refractivity contribution in [3.63, 3.8) is 0 Å². The van der Waals surface area contributed by atoms with E-state index >= 15 is 0 Å². The molecular formula is C12H13N3O2. The zero-order chi connectivity index (χ0) is 12.0. The van der Waals surface area contributed by atoms with E-state index in [9.17, 15) is 9.59 Å². The molecule has 1 amide bonds. The molecule has 1 fully saturated rings. The van der Waals surface area contributed by atoms with E-state index in [2.05, 4.69) is 22.2 Å². The predicted octanol–water partition coefficient (Wildman–Crippen LogP) is 1.45. The first kappa shape index (κ1) is 10.1. The Morgan fingerprint density at radius 1 is 1.35 bits per heavy atom. The summed E-state index contributed by atoms with van der Waals surface area (Å²) in [5.41, 5.74) is 1.93. The summed E-state index contributed by atoms with van der Waals surface area (Å²) in [6.45, 7) is 2.07. The first-order chi connectivity index (χ1) is 8.13. The molecule has 0 radical (unpaired) electrons. The molecule has 1 saturated carbocycles. The van der Waals surface area contributed by atoms with Crippen LogP contribution in [0, 0.1) is 11.8 Å². The number of hydrogen-bond donors (Lipinski definition) is 3. The second kappa shape index (κ2) is 3.48. The lowest BCUT2D eigenvalue weighted by atomic mass is 10.2. The highest BCUT2D eigenvalue weighted by atomic mass is 16.2. The zero-order valence-corrected chi connectivity index (χ0v) is 9.41. The maximum Gasteiger partial charge on any atom is 0.323 e. The van der Waals surface area contributed by atoms with Gasteiger partial charge >= 0.3 is 5.69 Å². The van der Waals surface area contributed by atoms with E-state index in [4.69, 9.17) is 0 Å². The number of amides is 1. The first-order valence-corrected chi connectivity index (χ1v) is 5.66. The molecule has 0 saturated heterocycles. The van der Waals surface area contributed by atoms with E-state index in [0.717, 1.165) is 17.6 Å². The molecule has 1 aliphatic carbocycles. The summed E-state index contributed by atoms with van der Waals surface area (Å²) in [6.07, 6.45) is 0.967. The lowest BCUT2D eigenvalue weighted by Gasteiger charge is -2.03. The number of aromatic amines is 2. The normalized spacial score (nSPS) is 22.6. The van der Waals surface area contributed by atoms with Crippen molar-refractivity contribution >= 4 is 22.6 Å².